The Kier molecular flexibility index (Phi) is 12.9. The smallest absolute Gasteiger partial charge is 0.243 e. The number of aryl methyl sites for hydroxylation is 3. The van der Waals surface area contributed by atoms with Crippen LogP contribution in [-0.2, 0) is 20.7 Å². The number of unbranched alkanes of at least 4 members (excludes halogenated alkanes) is 2. The molecule has 0 saturated carbocycles. The minimum atomic E-state index is -0.865. The van der Waals surface area contributed by atoms with Crippen molar-refractivity contribution < 1.29 is 29.1 Å². The second kappa shape index (κ2) is 18.0. The van der Waals surface area contributed by atoms with Crippen LogP contribution in [0.15, 0.2) is 70.7 Å². The number of phenolic OH excluding ortho intramolecular Hbond substituents is 1. The van der Waals surface area contributed by atoms with Crippen molar-refractivity contribution in [1.29, 1.82) is 0 Å². The second-order valence-corrected chi connectivity index (χ2v) is 15.3. The Hall–Kier alpha value is -5.18. The molecule has 0 spiro atoms. The average Bonchev–Trinajstić information content (AvgIpc) is 3.91. The summed E-state index contributed by atoms with van der Waals surface area (Å²) < 4.78 is 11.7. The summed E-state index contributed by atoms with van der Waals surface area (Å²) in [6.45, 7) is 8.35. The van der Waals surface area contributed by atoms with Gasteiger partial charge in [-0.3, -0.25) is 9.59 Å². The molecule has 0 aliphatic carbocycles. The van der Waals surface area contributed by atoms with Gasteiger partial charge in [0.25, 0.3) is 0 Å². The highest BCUT2D eigenvalue weighted by Gasteiger charge is 2.43. The molecule has 2 aromatic carbocycles. The van der Waals surface area contributed by atoms with E-state index >= 15 is 0 Å². The minimum absolute atomic E-state index is 0.0502. The quantitative estimate of drug-likeness (QED) is 0.0843. The van der Waals surface area contributed by atoms with E-state index in [0.29, 0.717) is 41.6 Å². The summed E-state index contributed by atoms with van der Waals surface area (Å²) in [6.07, 6.45) is 2.48. The van der Waals surface area contributed by atoms with E-state index in [9.17, 15) is 19.8 Å². The summed E-state index contributed by atoms with van der Waals surface area (Å²) in [5, 5.41) is 36.4. The molecule has 1 aliphatic rings. The Bertz CT molecular complexity index is 2070. The summed E-state index contributed by atoms with van der Waals surface area (Å²) in [6, 6.07) is 17.2. The number of aliphatic hydroxyl groups is 1. The van der Waals surface area contributed by atoms with Crippen LogP contribution in [0.4, 0.5) is 5.82 Å². The lowest BCUT2D eigenvalue weighted by atomic mass is 9.91. The number of amides is 2. The number of phenols is 1. The summed E-state index contributed by atoms with van der Waals surface area (Å²) in [5.41, 5.74) is 13.5. The molecular weight excluding hydrogens is 719 g/mol. The number of para-hydroxylation sites is 1. The first-order valence-corrected chi connectivity index (χ1v) is 19.6. The predicted octanol–water partition coefficient (Wildman–Crippen LogP) is 6.15. The molecule has 13 nitrogen and oxygen atoms in total. The molecule has 55 heavy (non-hydrogen) atoms. The van der Waals surface area contributed by atoms with Crippen molar-refractivity contribution in [2.75, 3.05) is 25.5 Å². The third-order valence-electron chi connectivity index (χ3n) is 9.99. The van der Waals surface area contributed by atoms with Crippen LogP contribution in [0, 0.1) is 19.8 Å². The minimum Gasteiger partial charge on any atom is -0.507 e. The van der Waals surface area contributed by atoms with E-state index in [4.69, 9.17) is 15.0 Å². The van der Waals surface area contributed by atoms with Crippen LogP contribution in [0.5, 0.6) is 5.75 Å². The number of nitrogens with one attached hydrogen (secondary N) is 1. The molecule has 1 fully saturated rings. The van der Waals surface area contributed by atoms with Crippen LogP contribution in [0.25, 0.3) is 21.7 Å². The molecule has 0 bridgehead atoms. The molecule has 3 aromatic heterocycles. The number of carbonyl (C=O) groups is 2. The van der Waals surface area contributed by atoms with Gasteiger partial charge in [0.2, 0.25) is 11.8 Å². The second-order valence-electron chi connectivity index (χ2n) is 14.5. The monoisotopic (exact) mass is 767 g/mol. The number of β-amino-alcohol motifs (C(OH)–C–C–N with tert-alkyl or cyclic N) is 1. The van der Waals surface area contributed by atoms with Crippen molar-refractivity contribution in [3.05, 3.63) is 94.4 Å². The van der Waals surface area contributed by atoms with Crippen LogP contribution < -0.4 is 11.1 Å². The number of nitrogen functional groups attached to an aromatic ring is 1. The summed E-state index contributed by atoms with van der Waals surface area (Å²) in [4.78, 5) is 35.0. The predicted molar refractivity (Wildman–Crippen MR) is 210 cm³/mol. The number of carbonyl (C=O) groups excluding carboxylic acids is 2. The zero-order valence-electron chi connectivity index (χ0n) is 31.6. The van der Waals surface area contributed by atoms with Crippen molar-refractivity contribution in [2.24, 2.45) is 5.92 Å². The number of likely N-dealkylation sites (tertiary alicyclic amines) is 1. The van der Waals surface area contributed by atoms with Gasteiger partial charge in [-0.25, -0.2) is 4.98 Å². The Balaban J connectivity index is 1.10. The van der Waals surface area contributed by atoms with E-state index in [1.807, 2.05) is 62.7 Å². The first kappa shape index (κ1) is 39.5. The third kappa shape index (κ3) is 9.56. The number of rotatable bonds is 16. The fourth-order valence-electron chi connectivity index (χ4n) is 7.04. The summed E-state index contributed by atoms with van der Waals surface area (Å²) in [7, 11) is 0. The Morgan fingerprint density at radius 3 is 2.55 bits per heavy atom. The molecule has 1 aliphatic heterocycles. The molecule has 0 radical (unpaired) electrons. The van der Waals surface area contributed by atoms with Crippen molar-refractivity contribution in [1.82, 2.24) is 30.6 Å². The standard InChI is InChI=1S/C41H49N7O6S/c1-24(2)37(36-18-25(3)47-54-36)41(52)48-21-30(49)20-34(48)40(51)44-33(27-13-15-28(16-14-27)38-26(4)43-23-55-38)22-53-17-9-5-6-10-29-19-32(45-46-39(29)42)31-11-7-8-12-35(31)50/h7-8,11-16,18-19,23-24,30,33-34,37,49-50H,5-6,9-10,17,20-22H2,1-4H3,(H2,42,46)(H,44,51)/t30-,33-,34+,37-/m1/s1. The van der Waals surface area contributed by atoms with Gasteiger partial charge in [0, 0.05) is 31.2 Å². The van der Waals surface area contributed by atoms with Gasteiger partial charge in [0.05, 0.1) is 46.2 Å². The lowest BCUT2D eigenvalue weighted by Gasteiger charge is -2.30. The molecule has 1 saturated heterocycles. The van der Waals surface area contributed by atoms with Crippen LogP contribution in [0.1, 0.15) is 79.8 Å². The number of aliphatic hydroxyl groups excluding tert-OH is 1. The maximum absolute atomic E-state index is 14.0. The fraction of sp³-hybridized carbons (Fsp3) is 0.415. The number of thiazole rings is 1. The van der Waals surface area contributed by atoms with Crippen molar-refractivity contribution >= 4 is 29.0 Å². The number of benzene rings is 2. The lowest BCUT2D eigenvalue weighted by molar-refractivity contribution is -0.141. The average molecular weight is 768 g/mol. The zero-order valence-corrected chi connectivity index (χ0v) is 32.5. The van der Waals surface area contributed by atoms with Crippen molar-refractivity contribution in [3.8, 4) is 27.4 Å². The Morgan fingerprint density at radius 2 is 1.85 bits per heavy atom. The van der Waals surface area contributed by atoms with Crippen LogP contribution in [0.2, 0.25) is 0 Å². The summed E-state index contributed by atoms with van der Waals surface area (Å²) >= 11 is 1.57. The van der Waals surface area contributed by atoms with E-state index in [1.54, 1.807) is 42.5 Å². The van der Waals surface area contributed by atoms with Gasteiger partial charge >= 0.3 is 0 Å². The van der Waals surface area contributed by atoms with E-state index in [0.717, 1.165) is 46.5 Å². The summed E-state index contributed by atoms with van der Waals surface area (Å²) in [5.74, 6) is -0.457. The highest BCUT2D eigenvalue weighted by atomic mass is 32.1. The third-order valence-corrected chi connectivity index (χ3v) is 11.0. The van der Waals surface area contributed by atoms with E-state index in [1.165, 1.54) is 4.90 Å². The number of aromatic hydroxyl groups is 1. The number of aromatic nitrogens is 4. The van der Waals surface area contributed by atoms with Crippen LogP contribution in [-0.4, -0.2) is 79.2 Å². The highest BCUT2D eigenvalue weighted by molar-refractivity contribution is 7.13. The van der Waals surface area contributed by atoms with Gasteiger partial charge in [-0.05, 0) is 73.9 Å². The van der Waals surface area contributed by atoms with Crippen LogP contribution in [0.3, 0.4) is 0 Å². The van der Waals surface area contributed by atoms with Gasteiger partial charge in [-0.2, -0.15) is 0 Å². The molecule has 290 valence electrons. The molecule has 4 heterocycles. The maximum Gasteiger partial charge on any atom is 0.243 e. The number of anilines is 1. The topological polar surface area (TPSA) is 190 Å². The molecule has 14 heteroatoms. The number of nitrogens with zero attached hydrogens (tertiary/aromatic N) is 5. The molecule has 5 aromatic rings. The van der Waals surface area contributed by atoms with E-state index in [-0.39, 0.29) is 43.1 Å². The molecule has 0 unspecified atom stereocenters. The molecular formula is C41H49N7O6S. The fourth-order valence-corrected chi connectivity index (χ4v) is 7.86. The molecule has 2 amide bonds. The zero-order chi connectivity index (χ0) is 39.1. The number of nitrogens with two attached hydrogens (primary N) is 1. The van der Waals surface area contributed by atoms with Gasteiger partial charge in [-0.1, -0.05) is 61.8 Å². The SMILES string of the molecule is Cc1cc([C@H](C(=O)N2C[C@H](O)C[C@H]2C(=O)N[C@H](COCCCCCc2cc(-c3ccccc3O)nnc2N)c2ccc(-c3scnc3C)cc2)C(C)C)on1. The number of hydrogen-bond donors (Lipinski definition) is 4. The normalized spacial score (nSPS) is 16.7. The maximum atomic E-state index is 14.0. The van der Waals surface area contributed by atoms with E-state index in [2.05, 4.69) is 25.7 Å². The number of ether oxygens (including phenoxy) is 1. The van der Waals surface area contributed by atoms with Gasteiger partial charge < -0.3 is 35.4 Å². The van der Waals surface area contributed by atoms with Crippen molar-refractivity contribution in [3.63, 3.8) is 0 Å². The molecule has 6 rings (SSSR count). The lowest BCUT2D eigenvalue weighted by Crippen LogP contribution is -2.49. The molecule has 4 atom stereocenters. The Labute approximate surface area is 324 Å². The highest BCUT2D eigenvalue weighted by Crippen LogP contribution is 2.33. The van der Waals surface area contributed by atoms with Gasteiger partial charge in [0.1, 0.15) is 29.3 Å². The van der Waals surface area contributed by atoms with E-state index < -0.39 is 24.1 Å². The van der Waals surface area contributed by atoms with Crippen LogP contribution >= 0.6 is 11.3 Å². The van der Waals surface area contributed by atoms with Gasteiger partial charge in [0.15, 0.2) is 0 Å². The first-order chi connectivity index (χ1) is 26.5. The largest absolute Gasteiger partial charge is 0.507 e. The Morgan fingerprint density at radius 1 is 1.07 bits per heavy atom. The number of hydrogen-bond acceptors (Lipinski definition) is 12. The van der Waals surface area contributed by atoms with Crippen molar-refractivity contribution in [2.45, 2.75) is 83.9 Å². The van der Waals surface area contributed by atoms with Gasteiger partial charge in [-0.15, -0.1) is 21.5 Å². The first-order valence-electron chi connectivity index (χ1n) is 18.7. The molecule has 5 N–H and O–H groups in total.